The van der Waals surface area contributed by atoms with Crippen LogP contribution in [-0.4, -0.2) is 47.5 Å². The molecule has 0 amide bonds. The van der Waals surface area contributed by atoms with Gasteiger partial charge in [-0.25, -0.2) is 0 Å². The number of hydrogen-bond acceptors (Lipinski definition) is 3. The molecule has 0 radical (unpaired) electrons. The minimum absolute atomic E-state index is 0.150. The third-order valence-corrected chi connectivity index (χ3v) is 2.17. The zero-order chi connectivity index (χ0) is 9.56. The number of aliphatic hydroxyl groups excluding tert-OH is 2. The molecular formula is C9H21NO2. The number of nitrogens with zero attached hydrogens (tertiary/aromatic N) is 1. The van der Waals surface area contributed by atoms with E-state index >= 15 is 0 Å². The zero-order valence-corrected chi connectivity index (χ0v) is 8.32. The molecule has 0 aromatic heterocycles. The maximum Gasteiger partial charge on any atom is 0.0897 e. The fourth-order valence-electron chi connectivity index (χ4n) is 1.21. The second kappa shape index (κ2) is 6.40. The second-order valence-electron chi connectivity index (χ2n) is 3.41. The van der Waals surface area contributed by atoms with E-state index in [1.54, 1.807) is 0 Å². The summed E-state index contributed by atoms with van der Waals surface area (Å²) in [5.41, 5.74) is 0. The summed E-state index contributed by atoms with van der Waals surface area (Å²) < 4.78 is 0. The average Bonchev–Trinajstić information content (AvgIpc) is 2.04. The second-order valence-corrected chi connectivity index (χ2v) is 3.41. The standard InChI is InChI=1S/C9H21NO2/c1-4-5-8(2)10(3)6-9(12)7-11/h8-9,11-12H,4-7H2,1-3H3. The lowest BCUT2D eigenvalue weighted by Crippen LogP contribution is -2.37. The molecule has 0 spiro atoms. The molecule has 74 valence electrons. The number of aliphatic hydroxyl groups is 2. The van der Waals surface area contributed by atoms with Gasteiger partial charge in [-0.2, -0.15) is 0 Å². The maximum absolute atomic E-state index is 9.15. The molecule has 0 saturated heterocycles. The zero-order valence-electron chi connectivity index (χ0n) is 8.32. The summed E-state index contributed by atoms with van der Waals surface area (Å²) in [6, 6.07) is 0.483. The largest absolute Gasteiger partial charge is 0.394 e. The Hall–Kier alpha value is -0.120. The van der Waals surface area contributed by atoms with Crippen LogP contribution in [0, 0.1) is 0 Å². The Morgan fingerprint density at radius 2 is 2.00 bits per heavy atom. The minimum Gasteiger partial charge on any atom is -0.394 e. The highest BCUT2D eigenvalue weighted by atomic mass is 16.3. The topological polar surface area (TPSA) is 43.7 Å². The van der Waals surface area contributed by atoms with Gasteiger partial charge in [-0.05, 0) is 20.4 Å². The first-order valence-electron chi connectivity index (χ1n) is 4.61. The van der Waals surface area contributed by atoms with Crippen molar-refractivity contribution in [3.05, 3.63) is 0 Å². The van der Waals surface area contributed by atoms with Gasteiger partial charge in [0.1, 0.15) is 0 Å². The van der Waals surface area contributed by atoms with Gasteiger partial charge in [0.25, 0.3) is 0 Å². The van der Waals surface area contributed by atoms with Gasteiger partial charge in [0.05, 0.1) is 12.7 Å². The molecule has 0 aromatic carbocycles. The molecule has 0 heterocycles. The van der Waals surface area contributed by atoms with E-state index in [1.807, 2.05) is 7.05 Å². The Morgan fingerprint density at radius 3 is 2.42 bits per heavy atom. The third kappa shape index (κ3) is 4.70. The number of hydrogen-bond donors (Lipinski definition) is 2. The quantitative estimate of drug-likeness (QED) is 0.616. The first kappa shape index (κ1) is 11.9. The van der Waals surface area contributed by atoms with E-state index in [9.17, 15) is 0 Å². The van der Waals surface area contributed by atoms with Crippen molar-refractivity contribution in [2.24, 2.45) is 0 Å². The van der Waals surface area contributed by atoms with Crippen LogP contribution < -0.4 is 0 Å². The Labute approximate surface area is 75.0 Å². The van der Waals surface area contributed by atoms with Gasteiger partial charge in [-0.15, -0.1) is 0 Å². The van der Waals surface area contributed by atoms with Crippen LogP contribution in [0.2, 0.25) is 0 Å². The summed E-state index contributed by atoms with van der Waals surface area (Å²) in [4.78, 5) is 2.07. The lowest BCUT2D eigenvalue weighted by atomic mass is 10.1. The van der Waals surface area contributed by atoms with Crippen LogP contribution in [0.3, 0.4) is 0 Å². The molecule has 3 heteroatoms. The summed E-state index contributed by atoms with van der Waals surface area (Å²) in [5.74, 6) is 0. The average molecular weight is 175 g/mol. The predicted octanol–water partition coefficient (Wildman–Crippen LogP) is 0.460. The molecule has 0 aliphatic carbocycles. The van der Waals surface area contributed by atoms with E-state index in [2.05, 4.69) is 18.7 Å². The summed E-state index contributed by atoms with van der Waals surface area (Å²) in [6.45, 7) is 4.68. The fourth-order valence-corrected chi connectivity index (χ4v) is 1.21. The first-order valence-corrected chi connectivity index (χ1v) is 4.61. The Balaban J connectivity index is 3.62. The molecule has 3 nitrogen and oxygen atoms in total. The van der Waals surface area contributed by atoms with E-state index < -0.39 is 6.10 Å². The van der Waals surface area contributed by atoms with E-state index in [4.69, 9.17) is 10.2 Å². The van der Waals surface area contributed by atoms with Gasteiger partial charge in [-0.1, -0.05) is 13.3 Å². The highest BCUT2D eigenvalue weighted by Crippen LogP contribution is 2.04. The Bertz CT molecular complexity index is 109. The van der Waals surface area contributed by atoms with Crippen molar-refractivity contribution in [3.8, 4) is 0 Å². The monoisotopic (exact) mass is 175 g/mol. The van der Waals surface area contributed by atoms with Crippen molar-refractivity contribution in [1.82, 2.24) is 4.90 Å². The van der Waals surface area contributed by atoms with E-state index in [1.165, 1.54) is 0 Å². The van der Waals surface area contributed by atoms with Crippen LogP contribution in [0.4, 0.5) is 0 Å². The third-order valence-electron chi connectivity index (χ3n) is 2.17. The van der Waals surface area contributed by atoms with Gasteiger partial charge in [0.15, 0.2) is 0 Å². The van der Waals surface area contributed by atoms with Crippen LogP contribution in [0.1, 0.15) is 26.7 Å². The molecule has 0 bridgehead atoms. The lowest BCUT2D eigenvalue weighted by Gasteiger charge is -2.25. The first-order chi connectivity index (χ1) is 5.61. The molecule has 0 fully saturated rings. The van der Waals surface area contributed by atoms with Crippen LogP contribution in [0.15, 0.2) is 0 Å². The summed E-state index contributed by atoms with van der Waals surface area (Å²) in [7, 11) is 1.97. The molecule has 0 aliphatic heterocycles. The van der Waals surface area contributed by atoms with Crippen molar-refractivity contribution < 1.29 is 10.2 Å². The Morgan fingerprint density at radius 1 is 1.42 bits per heavy atom. The van der Waals surface area contributed by atoms with Crippen molar-refractivity contribution in [2.45, 2.75) is 38.8 Å². The summed E-state index contributed by atoms with van der Waals surface area (Å²) in [5, 5.41) is 17.8. The van der Waals surface area contributed by atoms with Gasteiger partial charge >= 0.3 is 0 Å². The fraction of sp³-hybridized carbons (Fsp3) is 1.00. The van der Waals surface area contributed by atoms with Gasteiger partial charge in [-0.3, -0.25) is 0 Å². The Kier molecular flexibility index (Phi) is 6.34. The van der Waals surface area contributed by atoms with Crippen molar-refractivity contribution in [3.63, 3.8) is 0 Å². The molecule has 12 heavy (non-hydrogen) atoms. The van der Waals surface area contributed by atoms with E-state index in [-0.39, 0.29) is 6.61 Å². The molecule has 0 rings (SSSR count). The predicted molar refractivity (Wildman–Crippen MR) is 50.1 cm³/mol. The molecule has 2 N–H and O–H groups in total. The highest BCUT2D eigenvalue weighted by molar-refractivity contribution is 4.66. The van der Waals surface area contributed by atoms with Gasteiger partial charge < -0.3 is 15.1 Å². The normalized spacial score (nSPS) is 16.5. The van der Waals surface area contributed by atoms with E-state index in [0.29, 0.717) is 12.6 Å². The summed E-state index contributed by atoms with van der Waals surface area (Å²) >= 11 is 0. The van der Waals surface area contributed by atoms with Crippen LogP contribution in [0.25, 0.3) is 0 Å². The summed E-state index contributed by atoms with van der Waals surface area (Å²) in [6.07, 6.45) is 1.68. The van der Waals surface area contributed by atoms with E-state index in [0.717, 1.165) is 12.8 Å². The number of likely N-dealkylation sites (N-methyl/N-ethyl adjacent to an activating group) is 1. The molecule has 2 atom stereocenters. The maximum atomic E-state index is 9.15. The van der Waals surface area contributed by atoms with Crippen LogP contribution in [-0.2, 0) is 0 Å². The molecule has 0 saturated carbocycles. The van der Waals surface area contributed by atoms with Crippen LogP contribution in [0.5, 0.6) is 0 Å². The highest BCUT2D eigenvalue weighted by Gasteiger charge is 2.11. The molecule has 2 unspecified atom stereocenters. The molecular weight excluding hydrogens is 154 g/mol. The van der Waals surface area contributed by atoms with Crippen molar-refractivity contribution in [2.75, 3.05) is 20.2 Å². The smallest absolute Gasteiger partial charge is 0.0897 e. The van der Waals surface area contributed by atoms with Crippen LogP contribution >= 0.6 is 0 Å². The SMILES string of the molecule is CCCC(C)N(C)CC(O)CO. The molecule has 0 aliphatic rings. The number of rotatable bonds is 6. The van der Waals surface area contributed by atoms with Crippen molar-refractivity contribution in [1.29, 1.82) is 0 Å². The van der Waals surface area contributed by atoms with Crippen molar-refractivity contribution >= 4 is 0 Å². The lowest BCUT2D eigenvalue weighted by molar-refractivity contribution is 0.0555. The van der Waals surface area contributed by atoms with Gasteiger partial charge in [0, 0.05) is 12.6 Å². The minimum atomic E-state index is -0.602. The van der Waals surface area contributed by atoms with Gasteiger partial charge in [0.2, 0.25) is 0 Å². The molecule has 0 aromatic rings.